The van der Waals surface area contributed by atoms with Crippen molar-refractivity contribution in [3.05, 3.63) is 33.1 Å². The molecule has 3 nitrogen and oxygen atoms in total. The smallest absolute Gasteiger partial charge is 0.277 e. The van der Waals surface area contributed by atoms with E-state index in [9.17, 15) is 18.0 Å². The van der Waals surface area contributed by atoms with Gasteiger partial charge >= 0.3 is 0 Å². The van der Waals surface area contributed by atoms with E-state index in [4.69, 9.17) is 5.73 Å². The zero-order valence-corrected chi connectivity index (χ0v) is 12.0. The first kappa shape index (κ1) is 17.5. The number of rotatable bonds is 4. The minimum Gasteiger partial charge on any atom is -0.346 e. The molecule has 0 radical (unpaired) electrons. The van der Waals surface area contributed by atoms with Gasteiger partial charge in [0.15, 0.2) is 0 Å². The van der Waals surface area contributed by atoms with E-state index in [1.165, 1.54) is 6.07 Å². The van der Waals surface area contributed by atoms with Crippen LogP contribution in [-0.4, -0.2) is 24.9 Å². The van der Waals surface area contributed by atoms with Crippen LogP contribution in [0.1, 0.15) is 10.4 Å². The third kappa shape index (κ3) is 4.99. The van der Waals surface area contributed by atoms with Crippen molar-refractivity contribution in [2.75, 3.05) is 13.1 Å². The average molecular weight is 395 g/mol. The minimum atomic E-state index is -3.14. The van der Waals surface area contributed by atoms with Gasteiger partial charge in [-0.2, -0.15) is 0 Å². The van der Waals surface area contributed by atoms with E-state index in [2.05, 4.69) is 5.32 Å². The van der Waals surface area contributed by atoms with Gasteiger partial charge in [-0.05, 0) is 40.8 Å². The van der Waals surface area contributed by atoms with E-state index in [0.29, 0.717) is 3.57 Å². The first-order valence-electron chi connectivity index (χ1n) is 4.67. The van der Waals surface area contributed by atoms with E-state index < -0.39 is 30.7 Å². The number of amides is 1. The van der Waals surface area contributed by atoms with Gasteiger partial charge in [0.05, 0.1) is 18.7 Å². The lowest BCUT2D eigenvalue weighted by atomic mass is 10.2. The van der Waals surface area contributed by atoms with Crippen molar-refractivity contribution in [3.8, 4) is 0 Å². The number of hydrogen-bond acceptors (Lipinski definition) is 2. The van der Waals surface area contributed by atoms with E-state index in [-0.39, 0.29) is 18.0 Å². The fourth-order valence-corrected chi connectivity index (χ4v) is 1.77. The van der Waals surface area contributed by atoms with Gasteiger partial charge in [0, 0.05) is 3.57 Å². The molecule has 3 N–H and O–H groups in total. The van der Waals surface area contributed by atoms with Crippen molar-refractivity contribution in [3.63, 3.8) is 0 Å². The van der Waals surface area contributed by atoms with Crippen molar-refractivity contribution >= 4 is 40.9 Å². The van der Waals surface area contributed by atoms with Crippen LogP contribution in [0.4, 0.5) is 13.2 Å². The highest BCUT2D eigenvalue weighted by Gasteiger charge is 2.27. The molecule has 18 heavy (non-hydrogen) atoms. The van der Waals surface area contributed by atoms with Crippen LogP contribution in [0.15, 0.2) is 18.2 Å². The van der Waals surface area contributed by atoms with Gasteiger partial charge in [0.25, 0.3) is 11.8 Å². The highest BCUT2D eigenvalue weighted by atomic mass is 127. The number of carbonyl (C=O) groups excluding carboxylic acids is 1. The minimum absolute atomic E-state index is 0. The largest absolute Gasteiger partial charge is 0.346 e. The van der Waals surface area contributed by atoms with Gasteiger partial charge in [-0.15, -0.1) is 12.4 Å². The molecule has 0 aliphatic heterocycles. The second-order valence-electron chi connectivity index (χ2n) is 3.37. The predicted molar refractivity (Wildman–Crippen MR) is 72.7 cm³/mol. The topological polar surface area (TPSA) is 55.1 Å². The highest BCUT2D eigenvalue weighted by molar-refractivity contribution is 14.1. The highest BCUT2D eigenvalue weighted by Crippen LogP contribution is 2.15. The summed E-state index contributed by atoms with van der Waals surface area (Å²) in [5, 5.41) is 2.05. The summed E-state index contributed by atoms with van der Waals surface area (Å²) in [4.78, 5) is 11.5. The molecule has 0 unspecified atom stereocenters. The molecule has 0 heterocycles. The van der Waals surface area contributed by atoms with Crippen LogP contribution < -0.4 is 11.1 Å². The molecule has 102 valence electrons. The SMILES string of the molecule is Cl.NCC(F)(F)CNC(=O)c1ccc(F)cc1I. The number of alkyl halides is 2. The molecule has 0 saturated carbocycles. The molecule has 8 heteroatoms. The standard InChI is InChI=1S/C10H10F3IN2O.ClH/c11-6-1-2-7(8(14)3-6)9(17)16-5-10(12,13)4-15;/h1-3H,4-5,15H2,(H,16,17);1H. The van der Waals surface area contributed by atoms with Crippen LogP contribution >= 0.6 is 35.0 Å². The molecule has 1 rings (SSSR count). The zero-order valence-electron chi connectivity index (χ0n) is 9.05. The van der Waals surface area contributed by atoms with Crippen molar-refractivity contribution in [1.29, 1.82) is 0 Å². The second kappa shape index (κ2) is 7.15. The molecular weight excluding hydrogens is 383 g/mol. The van der Waals surface area contributed by atoms with Gasteiger partial charge in [-0.1, -0.05) is 0 Å². The zero-order chi connectivity index (χ0) is 13.1. The average Bonchev–Trinajstić information content (AvgIpc) is 2.26. The fraction of sp³-hybridized carbons (Fsp3) is 0.300. The Hall–Kier alpha value is -0.540. The second-order valence-corrected chi connectivity index (χ2v) is 4.53. The van der Waals surface area contributed by atoms with Crippen molar-refractivity contribution in [1.82, 2.24) is 5.32 Å². The maximum absolute atomic E-state index is 12.8. The lowest BCUT2D eigenvalue weighted by Crippen LogP contribution is -2.41. The van der Waals surface area contributed by atoms with Crippen LogP contribution in [0.5, 0.6) is 0 Å². The van der Waals surface area contributed by atoms with Crippen LogP contribution in [0.25, 0.3) is 0 Å². The summed E-state index contributed by atoms with van der Waals surface area (Å²) >= 11 is 1.76. The van der Waals surface area contributed by atoms with Crippen LogP contribution in [0.3, 0.4) is 0 Å². The van der Waals surface area contributed by atoms with Gasteiger partial charge in [0.1, 0.15) is 5.82 Å². The maximum atomic E-state index is 12.8. The van der Waals surface area contributed by atoms with Gasteiger partial charge in [0.2, 0.25) is 0 Å². The number of nitrogens with two attached hydrogens (primary N) is 1. The Morgan fingerprint density at radius 3 is 2.56 bits per heavy atom. The lowest BCUT2D eigenvalue weighted by molar-refractivity contribution is 0.0118. The summed E-state index contributed by atoms with van der Waals surface area (Å²) in [7, 11) is 0. The molecule has 0 aromatic heterocycles. The summed E-state index contributed by atoms with van der Waals surface area (Å²) in [5.74, 6) is -4.30. The molecule has 0 aliphatic rings. The monoisotopic (exact) mass is 394 g/mol. The third-order valence-electron chi connectivity index (χ3n) is 1.98. The van der Waals surface area contributed by atoms with Crippen molar-refractivity contribution < 1.29 is 18.0 Å². The molecule has 0 bridgehead atoms. The molecule has 0 spiro atoms. The summed E-state index contributed by atoms with van der Waals surface area (Å²) in [6.07, 6.45) is 0. The van der Waals surface area contributed by atoms with Crippen LogP contribution in [0, 0.1) is 9.39 Å². The predicted octanol–water partition coefficient (Wildman–Crippen LogP) is 2.18. The number of benzene rings is 1. The number of halogens is 5. The molecule has 0 saturated heterocycles. The Morgan fingerprint density at radius 2 is 2.06 bits per heavy atom. The molecule has 0 aliphatic carbocycles. The number of hydrogen-bond donors (Lipinski definition) is 2. The molecule has 1 amide bonds. The Labute approximate surface area is 122 Å². The Balaban J connectivity index is 0.00000289. The van der Waals surface area contributed by atoms with Gasteiger partial charge < -0.3 is 11.1 Å². The molecule has 1 aromatic carbocycles. The summed E-state index contributed by atoms with van der Waals surface area (Å²) < 4.78 is 38.7. The van der Waals surface area contributed by atoms with Crippen molar-refractivity contribution in [2.45, 2.75) is 5.92 Å². The van der Waals surface area contributed by atoms with Crippen molar-refractivity contribution in [2.24, 2.45) is 5.73 Å². The van der Waals surface area contributed by atoms with Gasteiger partial charge in [-0.3, -0.25) is 4.79 Å². The van der Waals surface area contributed by atoms with E-state index in [1.807, 2.05) is 0 Å². The Bertz CT molecular complexity index is 432. The number of carbonyl (C=O) groups is 1. The first-order chi connectivity index (χ1) is 7.85. The Morgan fingerprint density at radius 1 is 1.44 bits per heavy atom. The summed E-state index contributed by atoms with van der Waals surface area (Å²) in [5.41, 5.74) is 4.98. The van der Waals surface area contributed by atoms with E-state index in [0.717, 1.165) is 12.1 Å². The maximum Gasteiger partial charge on any atom is 0.277 e. The summed E-state index contributed by atoms with van der Waals surface area (Å²) in [6.45, 7) is -1.68. The van der Waals surface area contributed by atoms with E-state index in [1.54, 1.807) is 22.6 Å². The van der Waals surface area contributed by atoms with E-state index >= 15 is 0 Å². The molecular formula is C10H11ClF3IN2O. The fourth-order valence-electron chi connectivity index (χ4n) is 1.05. The third-order valence-corrected chi connectivity index (χ3v) is 2.87. The van der Waals surface area contributed by atoms with Crippen LogP contribution in [0.2, 0.25) is 0 Å². The molecule has 1 aromatic rings. The van der Waals surface area contributed by atoms with Crippen LogP contribution in [-0.2, 0) is 0 Å². The number of nitrogens with one attached hydrogen (secondary N) is 1. The Kier molecular flexibility index (Phi) is 6.93. The first-order valence-corrected chi connectivity index (χ1v) is 5.75. The lowest BCUT2D eigenvalue weighted by Gasteiger charge is -2.14. The normalized spacial score (nSPS) is 10.7. The molecule has 0 atom stereocenters. The quantitative estimate of drug-likeness (QED) is 0.769. The summed E-state index contributed by atoms with van der Waals surface area (Å²) in [6, 6.07) is 3.49. The molecule has 0 fully saturated rings. The van der Waals surface area contributed by atoms with Gasteiger partial charge in [-0.25, -0.2) is 13.2 Å².